The van der Waals surface area contributed by atoms with Crippen molar-refractivity contribution in [1.29, 1.82) is 0 Å². The molecule has 2 N–H and O–H groups in total. The van der Waals surface area contributed by atoms with Gasteiger partial charge in [0.25, 0.3) is 0 Å². The van der Waals surface area contributed by atoms with Crippen molar-refractivity contribution in [2.24, 2.45) is 5.73 Å². The topological polar surface area (TPSA) is 95.7 Å². The van der Waals surface area contributed by atoms with E-state index in [2.05, 4.69) is 0 Å². The van der Waals surface area contributed by atoms with Crippen molar-refractivity contribution in [2.45, 2.75) is 6.04 Å². The van der Waals surface area contributed by atoms with Crippen LogP contribution in [0.25, 0.3) is 0 Å². The van der Waals surface area contributed by atoms with Crippen molar-refractivity contribution in [3.8, 4) is 11.5 Å². The Labute approximate surface area is 128 Å². The fourth-order valence-electron chi connectivity index (χ4n) is 1.71. The Balaban J connectivity index is 2.71. The molecule has 0 aromatic heterocycles. The third-order valence-electron chi connectivity index (χ3n) is 2.88. The number of ether oxygens (including phenoxy) is 2. The average Bonchev–Trinajstić information content (AvgIpc) is 2.43. The number of nitrogens with two attached hydrogens (primary N) is 1. The highest BCUT2D eigenvalue weighted by Gasteiger charge is 2.15. The molecule has 1 rings (SSSR count). The van der Waals surface area contributed by atoms with Gasteiger partial charge in [0.05, 0.1) is 20.0 Å². The molecule has 1 aromatic carbocycles. The lowest BCUT2D eigenvalue weighted by molar-refractivity contribution is 0.354. The molecule has 0 aliphatic rings. The highest BCUT2D eigenvalue weighted by atomic mass is 32.2. The first-order valence-electron chi connectivity index (χ1n) is 6.27. The molecule has 0 bridgehead atoms. The van der Waals surface area contributed by atoms with Gasteiger partial charge in [-0.1, -0.05) is 6.07 Å². The van der Waals surface area contributed by atoms with E-state index in [9.17, 15) is 12.6 Å². The van der Waals surface area contributed by atoms with Crippen LogP contribution in [0.2, 0.25) is 0 Å². The number of benzene rings is 1. The molecular formula is C13H21NO5S2. The summed E-state index contributed by atoms with van der Waals surface area (Å²) in [6.07, 6.45) is 1.12. The number of rotatable bonds is 8. The van der Waals surface area contributed by atoms with Crippen LogP contribution in [0.5, 0.6) is 11.5 Å². The van der Waals surface area contributed by atoms with Gasteiger partial charge < -0.3 is 15.2 Å². The molecule has 0 saturated heterocycles. The van der Waals surface area contributed by atoms with Gasteiger partial charge in [0.15, 0.2) is 11.5 Å². The summed E-state index contributed by atoms with van der Waals surface area (Å²) < 4.78 is 44.3. The highest BCUT2D eigenvalue weighted by Crippen LogP contribution is 2.29. The van der Waals surface area contributed by atoms with Gasteiger partial charge in [-0.3, -0.25) is 4.21 Å². The van der Waals surface area contributed by atoms with Gasteiger partial charge in [0.1, 0.15) is 9.84 Å². The van der Waals surface area contributed by atoms with Gasteiger partial charge in [0.2, 0.25) is 0 Å². The molecule has 0 aliphatic carbocycles. The Hall–Kier alpha value is -1.12. The predicted octanol–water partition coefficient (Wildman–Crippen LogP) is 0.497. The number of hydrogen-bond acceptors (Lipinski definition) is 6. The van der Waals surface area contributed by atoms with E-state index in [0.717, 1.165) is 11.8 Å². The van der Waals surface area contributed by atoms with Crippen LogP contribution in [-0.2, 0) is 20.6 Å². The van der Waals surface area contributed by atoms with E-state index < -0.39 is 26.7 Å². The standard InChI is InChI=1S/C13H21NO5S2/c1-18-12-5-4-10(8-13(12)19-2)11(14)9-20(15)6-7-21(3,16)17/h4-5,8,11H,6-7,9,14H2,1-3H3. The molecule has 0 saturated carbocycles. The Bertz CT molecular complexity index is 601. The van der Waals surface area contributed by atoms with Crippen LogP contribution in [0.3, 0.4) is 0 Å². The lowest BCUT2D eigenvalue weighted by Crippen LogP contribution is -2.22. The zero-order valence-electron chi connectivity index (χ0n) is 12.4. The normalized spacial score (nSPS) is 14.5. The van der Waals surface area contributed by atoms with Crippen LogP contribution in [0.1, 0.15) is 11.6 Å². The molecule has 21 heavy (non-hydrogen) atoms. The van der Waals surface area contributed by atoms with Crippen molar-refractivity contribution in [3.05, 3.63) is 23.8 Å². The van der Waals surface area contributed by atoms with Crippen molar-refractivity contribution in [3.63, 3.8) is 0 Å². The van der Waals surface area contributed by atoms with Gasteiger partial charge in [0, 0.05) is 34.6 Å². The third-order valence-corrected chi connectivity index (χ3v) is 5.48. The smallest absolute Gasteiger partial charge is 0.161 e. The number of methoxy groups -OCH3 is 2. The van der Waals surface area contributed by atoms with Crippen molar-refractivity contribution < 1.29 is 22.1 Å². The molecule has 0 radical (unpaired) electrons. The van der Waals surface area contributed by atoms with Gasteiger partial charge in [-0.2, -0.15) is 0 Å². The quantitative estimate of drug-likeness (QED) is 0.743. The van der Waals surface area contributed by atoms with Crippen molar-refractivity contribution in [1.82, 2.24) is 0 Å². The highest BCUT2D eigenvalue weighted by molar-refractivity contribution is 7.92. The van der Waals surface area contributed by atoms with Gasteiger partial charge in [-0.15, -0.1) is 0 Å². The lowest BCUT2D eigenvalue weighted by Gasteiger charge is -2.14. The minimum absolute atomic E-state index is 0.0970. The largest absolute Gasteiger partial charge is 0.493 e. The Morgan fingerprint density at radius 1 is 1.24 bits per heavy atom. The van der Waals surface area contributed by atoms with E-state index in [-0.39, 0.29) is 17.3 Å². The van der Waals surface area contributed by atoms with Crippen LogP contribution in [-0.4, -0.2) is 50.4 Å². The van der Waals surface area contributed by atoms with Crippen LogP contribution in [0.4, 0.5) is 0 Å². The first-order valence-corrected chi connectivity index (χ1v) is 9.82. The molecule has 2 unspecified atom stereocenters. The van der Waals surface area contributed by atoms with Gasteiger partial charge >= 0.3 is 0 Å². The summed E-state index contributed by atoms with van der Waals surface area (Å²) in [5.74, 6) is 1.34. The summed E-state index contributed by atoms with van der Waals surface area (Å²) in [6.45, 7) is 0. The first kappa shape index (κ1) is 17.9. The maximum atomic E-state index is 11.9. The third kappa shape index (κ3) is 6.03. The van der Waals surface area contributed by atoms with E-state index in [1.165, 1.54) is 14.2 Å². The summed E-state index contributed by atoms with van der Waals surface area (Å²) in [5, 5.41) is 0. The van der Waals surface area contributed by atoms with Crippen LogP contribution < -0.4 is 15.2 Å². The molecule has 120 valence electrons. The van der Waals surface area contributed by atoms with E-state index in [1.807, 2.05) is 0 Å². The van der Waals surface area contributed by atoms with Crippen molar-refractivity contribution >= 4 is 20.6 Å². The lowest BCUT2D eigenvalue weighted by atomic mass is 10.1. The van der Waals surface area contributed by atoms with Crippen LogP contribution in [0, 0.1) is 0 Å². The molecule has 8 heteroatoms. The van der Waals surface area contributed by atoms with E-state index in [4.69, 9.17) is 15.2 Å². The van der Waals surface area contributed by atoms with Gasteiger partial charge in [-0.05, 0) is 17.7 Å². The van der Waals surface area contributed by atoms with E-state index >= 15 is 0 Å². The molecule has 6 nitrogen and oxygen atoms in total. The average molecular weight is 335 g/mol. The molecule has 0 heterocycles. The molecule has 1 aromatic rings. The minimum Gasteiger partial charge on any atom is -0.493 e. The number of hydrogen-bond donors (Lipinski definition) is 1. The summed E-state index contributed by atoms with van der Waals surface area (Å²) in [6, 6.07) is 4.79. The fourth-order valence-corrected chi connectivity index (χ4v) is 4.42. The molecular weight excluding hydrogens is 314 g/mol. The Morgan fingerprint density at radius 3 is 2.38 bits per heavy atom. The second kappa shape index (κ2) is 7.77. The maximum absolute atomic E-state index is 11.9. The van der Waals surface area contributed by atoms with Gasteiger partial charge in [-0.25, -0.2) is 8.42 Å². The Morgan fingerprint density at radius 2 is 1.86 bits per heavy atom. The number of sulfone groups is 1. The summed E-state index contributed by atoms with van der Waals surface area (Å²) in [7, 11) is -1.33. The monoisotopic (exact) mass is 335 g/mol. The SMILES string of the molecule is COc1ccc(C(N)CS(=O)CCS(C)(=O)=O)cc1OC. The van der Waals surface area contributed by atoms with E-state index in [0.29, 0.717) is 11.5 Å². The van der Waals surface area contributed by atoms with E-state index in [1.54, 1.807) is 18.2 Å². The molecule has 0 spiro atoms. The molecule has 0 aliphatic heterocycles. The fraction of sp³-hybridized carbons (Fsp3) is 0.538. The summed E-state index contributed by atoms with van der Waals surface area (Å²) in [4.78, 5) is 0. The Kier molecular flexibility index (Phi) is 6.63. The maximum Gasteiger partial charge on any atom is 0.161 e. The summed E-state index contributed by atoms with van der Waals surface area (Å²) >= 11 is 0. The minimum atomic E-state index is -3.11. The second-order valence-corrected chi connectivity index (χ2v) is 8.54. The zero-order chi connectivity index (χ0) is 16.0. The first-order chi connectivity index (χ1) is 9.76. The zero-order valence-corrected chi connectivity index (χ0v) is 14.0. The van der Waals surface area contributed by atoms with Crippen molar-refractivity contribution in [2.75, 3.05) is 37.7 Å². The van der Waals surface area contributed by atoms with Crippen LogP contribution in [0.15, 0.2) is 18.2 Å². The summed E-state index contributed by atoms with van der Waals surface area (Å²) in [5.41, 5.74) is 6.78. The van der Waals surface area contributed by atoms with Crippen LogP contribution >= 0.6 is 0 Å². The molecule has 0 fully saturated rings. The molecule has 2 atom stereocenters. The predicted molar refractivity (Wildman–Crippen MR) is 84.1 cm³/mol. The second-order valence-electron chi connectivity index (χ2n) is 4.66. The molecule has 0 amide bonds.